The number of primary amides is 1. The van der Waals surface area contributed by atoms with Gasteiger partial charge in [-0.25, -0.2) is 9.89 Å². The summed E-state index contributed by atoms with van der Waals surface area (Å²) >= 11 is 0. The van der Waals surface area contributed by atoms with Crippen LogP contribution in [-0.2, 0) is 13.0 Å². The number of carbonyl (C=O) groups excluding carboxylic acids is 1. The predicted molar refractivity (Wildman–Crippen MR) is 67.7 cm³/mol. The molecule has 1 aromatic heterocycles. The van der Waals surface area contributed by atoms with Gasteiger partial charge in [-0.15, -0.1) is 5.10 Å². The van der Waals surface area contributed by atoms with Gasteiger partial charge >= 0.3 is 6.03 Å². The average Bonchev–Trinajstić information content (AvgIpc) is 2.90. The molecule has 0 aliphatic carbocycles. The minimum absolute atomic E-state index is 0.293. The minimum atomic E-state index is -0.597. The van der Waals surface area contributed by atoms with Crippen LogP contribution in [0.3, 0.4) is 0 Å². The lowest BCUT2D eigenvalue weighted by molar-refractivity contribution is 0.245. The van der Waals surface area contributed by atoms with Crippen LogP contribution in [-0.4, -0.2) is 26.7 Å². The van der Waals surface area contributed by atoms with Crippen LogP contribution in [0.1, 0.15) is 23.0 Å². The number of benzene rings is 1. The lowest BCUT2D eigenvalue weighted by atomic mass is 10.0. The fraction of sp³-hybridized carbons (Fsp3) is 0.273. The van der Waals surface area contributed by atoms with Crippen molar-refractivity contribution in [1.82, 2.24) is 25.9 Å². The molecule has 0 bridgehead atoms. The van der Waals surface area contributed by atoms with E-state index in [0.29, 0.717) is 18.8 Å². The number of amides is 2. The van der Waals surface area contributed by atoms with E-state index < -0.39 is 6.03 Å². The van der Waals surface area contributed by atoms with Crippen LogP contribution in [0.2, 0.25) is 0 Å². The molecule has 1 unspecified atom stereocenters. The number of carbonyl (C=O) groups is 1. The largest absolute Gasteiger partial charge is 0.352 e. The molecule has 100 valence electrons. The van der Waals surface area contributed by atoms with E-state index in [0.717, 1.165) is 11.1 Å². The van der Waals surface area contributed by atoms with Crippen molar-refractivity contribution < 1.29 is 4.79 Å². The van der Waals surface area contributed by atoms with Gasteiger partial charge in [0.2, 0.25) is 0 Å². The third-order valence-corrected chi connectivity index (χ3v) is 2.72. The Morgan fingerprint density at radius 1 is 1.37 bits per heavy atom. The Hall–Kier alpha value is -2.48. The number of nitrogens with two attached hydrogens (primary N) is 2. The lowest BCUT2D eigenvalue weighted by Gasteiger charge is -2.16. The third-order valence-electron chi connectivity index (χ3n) is 2.72. The number of aromatic amines is 1. The molecule has 19 heavy (non-hydrogen) atoms. The Balaban J connectivity index is 2.17. The summed E-state index contributed by atoms with van der Waals surface area (Å²) in [6.45, 7) is 0.472. The van der Waals surface area contributed by atoms with Gasteiger partial charge in [-0.05, 0) is 21.6 Å². The third kappa shape index (κ3) is 3.49. The van der Waals surface area contributed by atoms with E-state index in [1.165, 1.54) is 0 Å². The molecule has 0 saturated heterocycles. The Morgan fingerprint density at radius 2 is 2.11 bits per heavy atom. The molecule has 0 aliphatic heterocycles. The first-order valence-electron chi connectivity index (χ1n) is 5.76. The molecular weight excluding hydrogens is 246 g/mol. The molecule has 0 radical (unpaired) electrons. The first kappa shape index (κ1) is 13.0. The monoisotopic (exact) mass is 261 g/mol. The van der Waals surface area contributed by atoms with E-state index in [9.17, 15) is 4.79 Å². The average molecular weight is 261 g/mol. The van der Waals surface area contributed by atoms with Crippen molar-refractivity contribution in [2.45, 2.75) is 19.0 Å². The fourth-order valence-corrected chi connectivity index (χ4v) is 1.77. The Kier molecular flexibility index (Phi) is 4.04. The number of urea groups is 1. The standard InChI is InChI=1S/C11H15N7O/c12-6-7-1-3-8(4-2-7)9(14-11(13)19)5-10-15-17-18-16-10/h1-4,9H,5-6,12H2,(H3,13,14,19)(H,15,16,17,18). The summed E-state index contributed by atoms with van der Waals surface area (Å²) in [6, 6.07) is 6.71. The Morgan fingerprint density at radius 3 is 2.63 bits per heavy atom. The van der Waals surface area contributed by atoms with E-state index >= 15 is 0 Å². The summed E-state index contributed by atoms with van der Waals surface area (Å²) in [6.07, 6.45) is 0.428. The van der Waals surface area contributed by atoms with Crippen molar-refractivity contribution in [3.05, 3.63) is 41.2 Å². The van der Waals surface area contributed by atoms with Crippen molar-refractivity contribution in [2.75, 3.05) is 0 Å². The smallest absolute Gasteiger partial charge is 0.312 e. The summed E-state index contributed by atoms with van der Waals surface area (Å²) in [4.78, 5) is 11.1. The summed E-state index contributed by atoms with van der Waals surface area (Å²) in [5.41, 5.74) is 12.7. The molecule has 1 aromatic carbocycles. The van der Waals surface area contributed by atoms with Crippen LogP contribution in [0.25, 0.3) is 0 Å². The lowest BCUT2D eigenvalue weighted by Crippen LogP contribution is -2.34. The van der Waals surface area contributed by atoms with E-state index in [1.54, 1.807) is 0 Å². The number of tetrazole rings is 1. The van der Waals surface area contributed by atoms with Crippen LogP contribution in [0.4, 0.5) is 4.79 Å². The second-order valence-corrected chi connectivity index (χ2v) is 4.06. The van der Waals surface area contributed by atoms with Gasteiger partial charge in [0.1, 0.15) is 0 Å². The molecule has 1 atom stereocenters. The first-order chi connectivity index (χ1) is 9.19. The molecular formula is C11H15N7O. The van der Waals surface area contributed by atoms with Crippen LogP contribution >= 0.6 is 0 Å². The van der Waals surface area contributed by atoms with Gasteiger partial charge in [-0.1, -0.05) is 24.3 Å². The van der Waals surface area contributed by atoms with Gasteiger partial charge in [0.25, 0.3) is 0 Å². The minimum Gasteiger partial charge on any atom is -0.352 e. The number of nitrogens with one attached hydrogen (secondary N) is 2. The molecule has 6 N–H and O–H groups in total. The van der Waals surface area contributed by atoms with Crippen molar-refractivity contribution >= 4 is 6.03 Å². The predicted octanol–water partition coefficient (Wildman–Crippen LogP) is -0.389. The number of H-pyrrole nitrogens is 1. The molecule has 1 heterocycles. The molecule has 0 fully saturated rings. The zero-order valence-electron chi connectivity index (χ0n) is 10.2. The first-order valence-corrected chi connectivity index (χ1v) is 5.76. The SMILES string of the molecule is NCc1ccc(C(Cc2nnn[nH]2)NC(N)=O)cc1. The summed E-state index contributed by atoms with van der Waals surface area (Å²) in [7, 11) is 0. The van der Waals surface area contributed by atoms with Gasteiger partial charge in [-0.2, -0.15) is 0 Å². The summed E-state index contributed by atoms with van der Waals surface area (Å²) in [5, 5.41) is 16.1. The van der Waals surface area contributed by atoms with Crippen molar-refractivity contribution in [3.63, 3.8) is 0 Å². The van der Waals surface area contributed by atoms with Gasteiger partial charge in [0.15, 0.2) is 5.82 Å². The van der Waals surface area contributed by atoms with Crippen molar-refractivity contribution in [1.29, 1.82) is 0 Å². The highest BCUT2D eigenvalue weighted by Crippen LogP contribution is 2.17. The fourth-order valence-electron chi connectivity index (χ4n) is 1.77. The van der Waals surface area contributed by atoms with E-state index in [2.05, 4.69) is 25.9 Å². The van der Waals surface area contributed by atoms with Crippen LogP contribution in [0.5, 0.6) is 0 Å². The topological polar surface area (TPSA) is 136 Å². The molecule has 0 aliphatic rings. The Bertz CT molecular complexity index is 522. The number of nitrogens with zero attached hydrogens (tertiary/aromatic N) is 3. The van der Waals surface area contributed by atoms with Crippen LogP contribution < -0.4 is 16.8 Å². The highest BCUT2D eigenvalue weighted by Gasteiger charge is 2.15. The second-order valence-electron chi connectivity index (χ2n) is 4.06. The van der Waals surface area contributed by atoms with Gasteiger partial charge in [-0.3, -0.25) is 0 Å². The second kappa shape index (κ2) is 5.91. The molecule has 0 saturated carbocycles. The normalized spacial score (nSPS) is 12.1. The maximum absolute atomic E-state index is 11.1. The number of hydrogen-bond acceptors (Lipinski definition) is 5. The highest BCUT2D eigenvalue weighted by atomic mass is 16.2. The molecule has 0 spiro atoms. The van der Waals surface area contributed by atoms with E-state index in [1.807, 2.05) is 24.3 Å². The zero-order valence-corrected chi connectivity index (χ0v) is 10.2. The van der Waals surface area contributed by atoms with Crippen molar-refractivity contribution in [2.24, 2.45) is 11.5 Å². The number of rotatable bonds is 5. The highest BCUT2D eigenvalue weighted by molar-refractivity contribution is 5.72. The van der Waals surface area contributed by atoms with E-state index in [4.69, 9.17) is 11.5 Å². The van der Waals surface area contributed by atoms with Crippen molar-refractivity contribution in [3.8, 4) is 0 Å². The molecule has 8 heteroatoms. The molecule has 2 amide bonds. The number of hydrogen-bond donors (Lipinski definition) is 4. The molecule has 8 nitrogen and oxygen atoms in total. The molecule has 2 aromatic rings. The quantitative estimate of drug-likeness (QED) is 0.581. The van der Waals surface area contributed by atoms with Gasteiger partial charge < -0.3 is 16.8 Å². The van der Waals surface area contributed by atoms with Crippen LogP contribution in [0.15, 0.2) is 24.3 Å². The van der Waals surface area contributed by atoms with E-state index in [-0.39, 0.29) is 6.04 Å². The summed E-state index contributed by atoms with van der Waals surface area (Å²) in [5.74, 6) is 0.571. The van der Waals surface area contributed by atoms with Gasteiger partial charge in [0.05, 0.1) is 6.04 Å². The molecule has 2 rings (SSSR count). The Labute approximate surface area is 109 Å². The maximum atomic E-state index is 11.1. The summed E-state index contributed by atoms with van der Waals surface area (Å²) < 4.78 is 0. The van der Waals surface area contributed by atoms with Gasteiger partial charge in [0, 0.05) is 13.0 Å². The maximum Gasteiger partial charge on any atom is 0.312 e. The number of aromatic nitrogens is 4. The zero-order chi connectivity index (χ0) is 13.7. The van der Waals surface area contributed by atoms with Crippen LogP contribution in [0, 0.1) is 0 Å².